The molecule has 2 aromatic heterocycles. The molecule has 1 aliphatic rings. The van der Waals surface area contributed by atoms with E-state index in [4.69, 9.17) is 9.15 Å². The number of hydrogen-bond acceptors (Lipinski definition) is 7. The Bertz CT molecular complexity index is 727. The number of amides is 1. The lowest BCUT2D eigenvalue weighted by Crippen LogP contribution is -2.38. The molecular weight excluding hydrogens is 369 g/mol. The molecule has 2 aromatic rings. The summed E-state index contributed by atoms with van der Waals surface area (Å²) in [4.78, 5) is 14.1. The molecule has 0 saturated carbocycles. The molecule has 12 heteroatoms. The number of carbonyl (C=O) groups is 1. The van der Waals surface area contributed by atoms with Crippen LogP contribution in [-0.2, 0) is 22.6 Å². The smallest absolute Gasteiger partial charge is 0.415 e. The zero-order valence-corrected chi connectivity index (χ0v) is 14.4. The molecular formula is C15H19F3N6O3. The van der Waals surface area contributed by atoms with Crippen LogP contribution in [0.1, 0.15) is 24.0 Å². The van der Waals surface area contributed by atoms with Crippen LogP contribution in [0.15, 0.2) is 22.8 Å². The Kier molecular flexibility index (Phi) is 6.06. The van der Waals surface area contributed by atoms with Crippen LogP contribution in [0.4, 0.5) is 13.2 Å². The first kappa shape index (κ1) is 19.3. The summed E-state index contributed by atoms with van der Waals surface area (Å²) in [6.07, 6.45) is -3.74. The van der Waals surface area contributed by atoms with Gasteiger partial charge in [-0.2, -0.15) is 13.2 Å². The maximum absolute atomic E-state index is 13.2. The van der Waals surface area contributed by atoms with E-state index in [0.717, 1.165) is 19.4 Å². The van der Waals surface area contributed by atoms with Gasteiger partial charge in [0.2, 0.25) is 5.91 Å². The predicted molar refractivity (Wildman–Crippen MR) is 84.2 cm³/mol. The van der Waals surface area contributed by atoms with Crippen molar-refractivity contribution in [1.29, 1.82) is 0 Å². The molecule has 3 rings (SSSR count). The van der Waals surface area contributed by atoms with Crippen LogP contribution in [0, 0.1) is 0 Å². The topological polar surface area (TPSA) is 98.3 Å². The highest BCUT2D eigenvalue weighted by Gasteiger charge is 2.43. The van der Waals surface area contributed by atoms with Crippen molar-refractivity contribution >= 4 is 5.91 Å². The van der Waals surface area contributed by atoms with Crippen molar-refractivity contribution in [3.8, 4) is 0 Å². The molecule has 1 amide bonds. The van der Waals surface area contributed by atoms with Gasteiger partial charge in [-0.05, 0) is 22.6 Å². The molecule has 0 aliphatic carbocycles. The normalized spacial score (nSPS) is 17.0. The number of alkyl halides is 3. The molecule has 0 unspecified atom stereocenters. The van der Waals surface area contributed by atoms with E-state index in [1.54, 1.807) is 0 Å². The van der Waals surface area contributed by atoms with Crippen molar-refractivity contribution in [2.75, 3.05) is 26.3 Å². The molecule has 148 valence electrons. The first-order valence-electron chi connectivity index (χ1n) is 8.38. The molecule has 1 atom stereocenters. The number of carbonyl (C=O) groups excluding carboxylic acids is 1. The fourth-order valence-corrected chi connectivity index (χ4v) is 2.68. The van der Waals surface area contributed by atoms with Crippen molar-refractivity contribution in [1.82, 2.24) is 30.4 Å². The molecule has 3 heterocycles. The van der Waals surface area contributed by atoms with Gasteiger partial charge in [0.25, 0.3) is 0 Å². The Hall–Kier alpha value is -2.47. The molecule has 27 heavy (non-hydrogen) atoms. The molecule has 1 N–H and O–H groups in total. The second kappa shape index (κ2) is 8.48. The number of furan rings is 1. The Labute approximate surface area is 152 Å². The first-order valence-corrected chi connectivity index (χ1v) is 8.38. The van der Waals surface area contributed by atoms with Crippen LogP contribution >= 0.6 is 0 Å². The fraction of sp³-hybridized carbons (Fsp3) is 0.600. The number of aryl methyl sites for hydroxylation is 1. The number of nitrogens with one attached hydrogen (secondary N) is 1. The van der Waals surface area contributed by atoms with E-state index in [0.29, 0.717) is 25.6 Å². The van der Waals surface area contributed by atoms with Crippen LogP contribution in [0.3, 0.4) is 0 Å². The van der Waals surface area contributed by atoms with Gasteiger partial charge in [0.1, 0.15) is 5.76 Å². The summed E-state index contributed by atoms with van der Waals surface area (Å²) < 4.78 is 50.9. The van der Waals surface area contributed by atoms with E-state index in [2.05, 4.69) is 20.4 Å². The van der Waals surface area contributed by atoms with Crippen LogP contribution < -0.4 is 5.32 Å². The molecule has 0 bridgehead atoms. The van der Waals surface area contributed by atoms with E-state index < -0.39 is 18.1 Å². The number of ether oxygens (including phenoxy) is 1. The second-order valence-corrected chi connectivity index (χ2v) is 6.01. The van der Waals surface area contributed by atoms with Gasteiger partial charge < -0.3 is 14.5 Å². The van der Waals surface area contributed by atoms with E-state index in [9.17, 15) is 18.0 Å². The number of rotatable bonds is 7. The summed E-state index contributed by atoms with van der Waals surface area (Å²) in [6.45, 7) is 3.27. The van der Waals surface area contributed by atoms with Gasteiger partial charge in [0.15, 0.2) is 11.9 Å². The van der Waals surface area contributed by atoms with Gasteiger partial charge in [-0.25, -0.2) is 4.68 Å². The highest BCUT2D eigenvalue weighted by Crippen LogP contribution is 2.32. The molecule has 0 spiro atoms. The van der Waals surface area contributed by atoms with Gasteiger partial charge in [-0.3, -0.25) is 9.69 Å². The van der Waals surface area contributed by atoms with E-state index in [1.807, 2.05) is 5.32 Å². The molecule has 0 radical (unpaired) electrons. The monoisotopic (exact) mass is 388 g/mol. The zero-order valence-electron chi connectivity index (χ0n) is 14.4. The second-order valence-electron chi connectivity index (χ2n) is 6.01. The number of morpholine rings is 1. The minimum atomic E-state index is -4.66. The van der Waals surface area contributed by atoms with Crippen LogP contribution in [0.5, 0.6) is 0 Å². The Morgan fingerprint density at radius 3 is 2.78 bits per heavy atom. The summed E-state index contributed by atoms with van der Waals surface area (Å²) in [5.41, 5.74) is 0. The minimum absolute atomic E-state index is 0.0707. The van der Waals surface area contributed by atoms with Gasteiger partial charge in [0.05, 0.1) is 32.6 Å². The number of hydrogen-bond donors (Lipinski definition) is 1. The lowest BCUT2D eigenvalue weighted by Gasteiger charge is -2.25. The number of aromatic nitrogens is 4. The highest BCUT2D eigenvalue weighted by molar-refractivity contribution is 5.76. The lowest BCUT2D eigenvalue weighted by molar-refractivity contribution is -0.166. The third kappa shape index (κ3) is 5.26. The average Bonchev–Trinajstić information content (AvgIpc) is 3.30. The van der Waals surface area contributed by atoms with Gasteiger partial charge >= 0.3 is 6.18 Å². The Balaban J connectivity index is 1.55. The third-order valence-electron chi connectivity index (χ3n) is 4.09. The van der Waals surface area contributed by atoms with E-state index in [1.165, 1.54) is 16.8 Å². The van der Waals surface area contributed by atoms with E-state index in [-0.39, 0.29) is 18.7 Å². The number of halogens is 3. The Morgan fingerprint density at radius 1 is 1.33 bits per heavy atom. The van der Waals surface area contributed by atoms with Crippen LogP contribution in [-0.4, -0.2) is 63.5 Å². The molecule has 1 fully saturated rings. The minimum Gasteiger partial charge on any atom is -0.467 e. The maximum atomic E-state index is 13.2. The molecule has 1 saturated heterocycles. The highest BCUT2D eigenvalue weighted by atomic mass is 19.4. The Morgan fingerprint density at radius 2 is 2.11 bits per heavy atom. The summed E-state index contributed by atoms with van der Waals surface area (Å²) in [5.74, 6) is -0.601. The van der Waals surface area contributed by atoms with Crippen molar-refractivity contribution < 1.29 is 27.1 Å². The van der Waals surface area contributed by atoms with Crippen LogP contribution in [0.2, 0.25) is 0 Å². The largest absolute Gasteiger partial charge is 0.467 e. The van der Waals surface area contributed by atoms with Gasteiger partial charge in [-0.1, -0.05) is 0 Å². The van der Waals surface area contributed by atoms with Crippen molar-refractivity contribution in [3.63, 3.8) is 0 Å². The van der Waals surface area contributed by atoms with Crippen molar-refractivity contribution in [3.05, 3.63) is 30.0 Å². The molecule has 1 aliphatic heterocycles. The standard InChI is InChI=1S/C15H19F3N6O3/c16-15(17,18)14(11-2-1-7-27-11)19-13(25)3-4-24-12(20-21-22-24)10-23-5-8-26-9-6-23/h1-2,7,14H,3-6,8-10H2,(H,19,25)/t14-/m1/s1. The third-order valence-corrected chi connectivity index (χ3v) is 4.09. The van der Waals surface area contributed by atoms with Crippen molar-refractivity contribution in [2.45, 2.75) is 31.7 Å². The van der Waals surface area contributed by atoms with E-state index >= 15 is 0 Å². The quantitative estimate of drug-likeness (QED) is 0.753. The van der Waals surface area contributed by atoms with Crippen molar-refractivity contribution in [2.24, 2.45) is 0 Å². The SMILES string of the molecule is O=C(CCn1nnnc1CN1CCOCC1)N[C@H](c1ccco1)C(F)(F)F. The maximum Gasteiger partial charge on any atom is 0.415 e. The fourth-order valence-electron chi connectivity index (χ4n) is 2.68. The lowest BCUT2D eigenvalue weighted by atomic mass is 10.2. The number of nitrogens with zero attached hydrogens (tertiary/aromatic N) is 5. The summed E-state index contributed by atoms with van der Waals surface area (Å²) in [5, 5.41) is 13.3. The molecule has 0 aromatic carbocycles. The van der Waals surface area contributed by atoms with Gasteiger partial charge in [0, 0.05) is 19.5 Å². The molecule has 9 nitrogen and oxygen atoms in total. The zero-order chi connectivity index (χ0) is 19.3. The average molecular weight is 388 g/mol. The predicted octanol–water partition coefficient (Wildman–Crippen LogP) is 0.908. The van der Waals surface area contributed by atoms with Gasteiger partial charge in [-0.15, -0.1) is 5.10 Å². The summed E-state index contributed by atoms with van der Waals surface area (Å²) in [6, 6.07) is 0.307. The first-order chi connectivity index (χ1) is 12.9. The summed E-state index contributed by atoms with van der Waals surface area (Å²) >= 11 is 0. The summed E-state index contributed by atoms with van der Waals surface area (Å²) in [7, 11) is 0. The number of tetrazole rings is 1. The van der Waals surface area contributed by atoms with Crippen LogP contribution in [0.25, 0.3) is 0 Å².